The SMILES string of the molecule is Cc1[nH]ncc1-c1cc2nc(C3CCC4(CC4)N3)ncc2s1. The van der Waals surface area contributed by atoms with Crippen molar-refractivity contribution in [1.82, 2.24) is 25.5 Å². The number of hydrogen-bond acceptors (Lipinski definition) is 5. The number of fused-ring (bicyclic) bond motifs is 1. The molecule has 5 nitrogen and oxygen atoms in total. The molecule has 22 heavy (non-hydrogen) atoms. The van der Waals surface area contributed by atoms with Gasteiger partial charge in [0.25, 0.3) is 0 Å². The lowest BCUT2D eigenvalue weighted by Crippen LogP contribution is -2.26. The fourth-order valence-electron chi connectivity index (χ4n) is 3.43. The fraction of sp³-hybridized carbons (Fsp3) is 0.438. The van der Waals surface area contributed by atoms with Crippen LogP contribution in [0.3, 0.4) is 0 Å². The van der Waals surface area contributed by atoms with E-state index in [0.29, 0.717) is 11.6 Å². The second-order valence-electron chi connectivity index (χ2n) is 6.51. The van der Waals surface area contributed by atoms with Gasteiger partial charge in [0, 0.05) is 27.9 Å². The normalized spacial score (nSPS) is 22.7. The topological polar surface area (TPSA) is 66.5 Å². The Bertz CT molecular complexity index is 860. The van der Waals surface area contributed by atoms with Crippen molar-refractivity contribution in [3.63, 3.8) is 0 Å². The lowest BCUT2D eigenvalue weighted by atomic mass is 10.1. The summed E-state index contributed by atoms with van der Waals surface area (Å²) in [6.07, 6.45) is 8.90. The van der Waals surface area contributed by atoms with E-state index >= 15 is 0 Å². The average molecular weight is 311 g/mol. The summed E-state index contributed by atoms with van der Waals surface area (Å²) < 4.78 is 1.14. The molecular weight excluding hydrogens is 294 g/mol. The number of aromatic nitrogens is 4. The lowest BCUT2D eigenvalue weighted by Gasteiger charge is -2.11. The van der Waals surface area contributed by atoms with Gasteiger partial charge in [-0.3, -0.25) is 5.10 Å². The maximum atomic E-state index is 4.82. The highest BCUT2D eigenvalue weighted by Crippen LogP contribution is 2.47. The number of nitrogens with zero attached hydrogens (tertiary/aromatic N) is 3. The molecule has 0 radical (unpaired) electrons. The van der Waals surface area contributed by atoms with Crippen LogP contribution in [0.2, 0.25) is 0 Å². The zero-order chi connectivity index (χ0) is 14.7. The zero-order valence-corrected chi connectivity index (χ0v) is 13.2. The predicted molar refractivity (Wildman–Crippen MR) is 86.8 cm³/mol. The van der Waals surface area contributed by atoms with E-state index in [-0.39, 0.29) is 0 Å². The number of hydrogen-bond donors (Lipinski definition) is 2. The van der Waals surface area contributed by atoms with Gasteiger partial charge in [-0.15, -0.1) is 11.3 Å². The highest BCUT2D eigenvalue weighted by atomic mass is 32.1. The van der Waals surface area contributed by atoms with Gasteiger partial charge in [-0.25, -0.2) is 9.97 Å². The van der Waals surface area contributed by atoms with E-state index in [1.54, 1.807) is 11.3 Å². The third-order valence-electron chi connectivity index (χ3n) is 4.94. The quantitative estimate of drug-likeness (QED) is 0.761. The summed E-state index contributed by atoms with van der Waals surface area (Å²) in [5.41, 5.74) is 3.72. The van der Waals surface area contributed by atoms with Crippen LogP contribution in [0.25, 0.3) is 20.7 Å². The fourth-order valence-corrected chi connectivity index (χ4v) is 4.46. The summed E-state index contributed by atoms with van der Waals surface area (Å²) >= 11 is 1.73. The molecule has 1 atom stereocenters. The standard InChI is InChI=1S/C16H17N5S/c1-9-10(7-18-21-9)13-6-12-14(22-13)8-17-15(19-12)11-2-3-16(20-11)4-5-16/h6-8,11,20H,2-5H2,1H3,(H,18,21). The Kier molecular flexibility index (Phi) is 2.52. The smallest absolute Gasteiger partial charge is 0.145 e. The van der Waals surface area contributed by atoms with Crippen molar-refractivity contribution in [1.29, 1.82) is 0 Å². The predicted octanol–water partition coefficient (Wildman–Crippen LogP) is 3.35. The minimum atomic E-state index is 0.325. The molecule has 0 amide bonds. The Labute approximate surface area is 132 Å². The minimum absolute atomic E-state index is 0.325. The third kappa shape index (κ3) is 1.90. The van der Waals surface area contributed by atoms with Crippen LogP contribution in [0.4, 0.5) is 0 Å². The van der Waals surface area contributed by atoms with Crippen molar-refractivity contribution in [3.05, 3.63) is 30.0 Å². The van der Waals surface area contributed by atoms with E-state index in [1.807, 2.05) is 19.3 Å². The summed E-state index contributed by atoms with van der Waals surface area (Å²) in [7, 11) is 0. The maximum absolute atomic E-state index is 4.82. The lowest BCUT2D eigenvalue weighted by molar-refractivity contribution is 0.527. The number of aryl methyl sites for hydroxylation is 1. The Hall–Kier alpha value is -1.79. The molecule has 0 aromatic carbocycles. The first-order valence-electron chi connectivity index (χ1n) is 7.77. The molecule has 6 heteroatoms. The third-order valence-corrected chi connectivity index (χ3v) is 6.03. The van der Waals surface area contributed by atoms with E-state index in [0.717, 1.165) is 33.7 Å². The van der Waals surface area contributed by atoms with Crippen molar-refractivity contribution in [2.24, 2.45) is 0 Å². The molecule has 2 fully saturated rings. The first-order chi connectivity index (χ1) is 10.7. The Morgan fingerprint density at radius 2 is 2.18 bits per heavy atom. The van der Waals surface area contributed by atoms with Gasteiger partial charge in [0.15, 0.2) is 0 Å². The molecule has 1 spiro atoms. The van der Waals surface area contributed by atoms with Crippen LogP contribution >= 0.6 is 11.3 Å². The van der Waals surface area contributed by atoms with E-state index in [2.05, 4.69) is 26.6 Å². The van der Waals surface area contributed by atoms with Crippen molar-refractivity contribution < 1.29 is 0 Å². The van der Waals surface area contributed by atoms with Crippen molar-refractivity contribution in [2.75, 3.05) is 0 Å². The molecule has 0 bridgehead atoms. The first-order valence-corrected chi connectivity index (χ1v) is 8.59. The molecule has 3 aromatic rings. The number of thiophene rings is 1. The zero-order valence-electron chi connectivity index (χ0n) is 12.4. The van der Waals surface area contributed by atoms with Crippen LogP contribution in [-0.2, 0) is 0 Å². The maximum Gasteiger partial charge on any atom is 0.145 e. The summed E-state index contributed by atoms with van der Waals surface area (Å²) in [6.45, 7) is 2.04. The molecule has 5 rings (SSSR count). The Morgan fingerprint density at radius 1 is 1.27 bits per heavy atom. The van der Waals surface area contributed by atoms with Gasteiger partial charge in [0.05, 0.1) is 22.5 Å². The molecule has 1 saturated carbocycles. The van der Waals surface area contributed by atoms with Crippen LogP contribution in [-0.4, -0.2) is 25.7 Å². The molecule has 3 aromatic heterocycles. The summed E-state index contributed by atoms with van der Waals surface area (Å²) in [4.78, 5) is 10.6. The monoisotopic (exact) mass is 311 g/mol. The summed E-state index contributed by atoms with van der Waals surface area (Å²) in [5.74, 6) is 0.949. The van der Waals surface area contributed by atoms with Crippen LogP contribution in [0.5, 0.6) is 0 Å². The molecule has 4 heterocycles. The molecule has 1 aliphatic heterocycles. The van der Waals surface area contributed by atoms with Crippen LogP contribution in [0.1, 0.15) is 43.2 Å². The van der Waals surface area contributed by atoms with E-state index < -0.39 is 0 Å². The minimum Gasteiger partial charge on any atom is -0.302 e. The first kappa shape index (κ1) is 12.7. The van der Waals surface area contributed by atoms with Gasteiger partial charge in [0.1, 0.15) is 5.82 Å². The van der Waals surface area contributed by atoms with Crippen molar-refractivity contribution in [2.45, 2.75) is 44.2 Å². The second kappa shape index (κ2) is 4.36. The van der Waals surface area contributed by atoms with E-state index in [4.69, 9.17) is 4.98 Å². The van der Waals surface area contributed by atoms with Crippen LogP contribution < -0.4 is 5.32 Å². The molecule has 112 valence electrons. The Balaban J connectivity index is 1.52. The van der Waals surface area contributed by atoms with Crippen LogP contribution in [0.15, 0.2) is 18.5 Å². The van der Waals surface area contributed by atoms with Gasteiger partial charge in [0.2, 0.25) is 0 Å². The van der Waals surface area contributed by atoms with Gasteiger partial charge in [-0.2, -0.15) is 5.10 Å². The second-order valence-corrected chi connectivity index (χ2v) is 7.60. The van der Waals surface area contributed by atoms with Crippen molar-refractivity contribution in [3.8, 4) is 10.4 Å². The van der Waals surface area contributed by atoms with E-state index in [1.165, 1.54) is 24.1 Å². The number of rotatable bonds is 2. The molecular formula is C16H17N5S. The molecule has 1 saturated heterocycles. The average Bonchev–Trinajstić information content (AvgIpc) is 2.89. The number of nitrogens with one attached hydrogen (secondary N) is 2. The largest absolute Gasteiger partial charge is 0.302 e. The van der Waals surface area contributed by atoms with Crippen LogP contribution in [0, 0.1) is 6.92 Å². The van der Waals surface area contributed by atoms with E-state index in [9.17, 15) is 0 Å². The van der Waals surface area contributed by atoms with Gasteiger partial charge in [-0.1, -0.05) is 0 Å². The highest BCUT2D eigenvalue weighted by Gasteiger charge is 2.48. The Morgan fingerprint density at radius 3 is 2.91 bits per heavy atom. The molecule has 2 aliphatic rings. The highest BCUT2D eigenvalue weighted by molar-refractivity contribution is 7.22. The van der Waals surface area contributed by atoms with Gasteiger partial charge >= 0.3 is 0 Å². The molecule has 1 unspecified atom stereocenters. The van der Waals surface area contributed by atoms with Crippen molar-refractivity contribution >= 4 is 21.6 Å². The summed E-state index contributed by atoms with van der Waals surface area (Å²) in [6, 6.07) is 2.48. The number of H-pyrrole nitrogens is 1. The van der Waals surface area contributed by atoms with Gasteiger partial charge in [-0.05, 0) is 38.7 Å². The summed E-state index contributed by atoms with van der Waals surface area (Å²) in [5, 5.41) is 10.8. The van der Waals surface area contributed by atoms with Gasteiger partial charge < -0.3 is 5.32 Å². The molecule has 1 aliphatic carbocycles. The number of aromatic amines is 1. The molecule has 2 N–H and O–H groups in total.